The standard InChI is InChI=1S/C14H19NO2/c1-11-4-3-9-15(11)10-12-5-7-13(8-6-12)14(16)17-2/h5-8,11H,3-4,9-10H2,1-2H3. The molecule has 0 bridgehead atoms. The average molecular weight is 233 g/mol. The summed E-state index contributed by atoms with van der Waals surface area (Å²) in [5, 5.41) is 0. The third-order valence-electron chi connectivity index (χ3n) is 3.45. The number of carbonyl (C=O) groups excluding carboxylic acids is 1. The number of benzene rings is 1. The number of methoxy groups -OCH3 is 1. The topological polar surface area (TPSA) is 29.5 Å². The van der Waals surface area contributed by atoms with Crippen LogP contribution in [0.25, 0.3) is 0 Å². The zero-order chi connectivity index (χ0) is 12.3. The van der Waals surface area contributed by atoms with E-state index in [1.54, 1.807) is 0 Å². The fourth-order valence-electron chi connectivity index (χ4n) is 2.33. The van der Waals surface area contributed by atoms with Crippen molar-refractivity contribution in [3.63, 3.8) is 0 Å². The minimum Gasteiger partial charge on any atom is -0.465 e. The smallest absolute Gasteiger partial charge is 0.337 e. The fraction of sp³-hybridized carbons (Fsp3) is 0.500. The zero-order valence-corrected chi connectivity index (χ0v) is 10.5. The first-order chi connectivity index (χ1) is 8.20. The molecule has 1 aromatic carbocycles. The maximum atomic E-state index is 11.3. The molecular weight excluding hydrogens is 214 g/mol. The van der Waals surface area contributed by atoms with Crippen molar-refractivity contribution in [3.8, 4) is 0 Å². The van der Waals surface area contributed by atoms with Crippen molar-refractivity contribution in [1.82, 2.24) is 4.90 Å². The third kappa shape index (κ3) is 2.86. The maximum Gasteiger partial charge on any atom is 0.337 e. The Bertz CT molecular complexity index is 386. The molecule has 1 aromatic rings. The van der Waals surface area contributed by atoms with Gasteiger partial charge in [0.1, 0.15) is 0 Å². The van der Waals surface area contributed by atoms with Gasteiger partial charge in [-0.05, 0) is 44.0 Å². The predicted molar refractivity (Wildman–Crippen MR) is 66.9 cm³/mol. The van der Waals surface area contributed by atoms with Crippen LogP contribution in [-0.2, 0) is 11.3 Å². The van der Waals surface area contributed by atoms with Gasteiger partial charge in [0.25, 0.3) is 0 Å². The SMILES string of the molecule is COC(=O)c1ccc(CN2CCCC2C)cc1. The van der Waals surface area contributed by atoms with Gasteiger partial charge in [-0.25, -0.2) is 4.79 Å². The largest absolute Gasteiger partial charge is 0.465 e. The molecule has 0 amide bonds. The first kappa shape index (κ1) is 12.1. The van der Waals surface area contributed by atoms with Crippen LogP contribution in [0.1, 0.15) is 35.7 Å². The Kier molecular flexibility index (Phi) is 3.79. The van der Waals surface area contributed by atoms with Crippen molar-refractivity contribution in [1.29, 1.82) is 0 Å². The molecule has 1 saturated heterocycles. The van der Waals surface area contributed by atoms with Gasteiger partial charge in [0.15, 0.2) is 0 Å². The van der Waals surface area contributed by atoms with E-state index in [4.69, 9.17) is 0 Å². The van der Waals surface area contributed by atoms with E-state index in [0.29, 0.717) is 11.6 Å². The number of carbonyl (C=O) groups is 1. The second-order valence-corrected chi connectivity index (χ2v) is 4.65. The number of hydrogen-bond acceptors (Lipinski definition) is 3. The monoisotopic (exact) mass is 233 g/mol. The Hall–Kier alpha value is -1.35. The fourth-order valence-corrected chi connectivity index (χ4v) is 2.33. The van der Waals surface area contributed by atoms with Crippen molar-refractivity contribution >= 4 is 5.97 Å². The number of esters is 1. The van der Waals surface area contributed by atoms with Crippen LogP contribution < -0.4 is 0 Å². The highest BCUT2D eigenvalue weighted by atomic mass is 16.5. The number of likely N-dealkylation sites (tertiary alicyclic amines) is 1. The highest BCUT2D eigenvalue weighted by Gasteiger charge is 2.19. The molecule has 0 radical (unpaired) electrons. The Morgan fingerprint density at radius 3 is 2.65 bits per heavy atom. The summed E-state index contributed by atoms with van der Waals surface area (Å²) in [6.45, 7) is 4.43. The number of rotatable bonds is 3. The summed E-state index contributed by atoms with van der Waals surface area (Å²) in [5.41, 5.74) is 1.87. The molecule has 0 N–H and O–H groups in total. The van der Waals surface area contributed by atoms with Gasteiger partial charge in [-0.2, -0.15) is 0 Å². The molecular formula is C14H19NO2. The molecule has 3 heteroatoms. The van der Waals surface area contributed by atoms with E-state index in [-0.39, 0.29) is 5.97 Å². The van der Waals surface area contributed by atoms with Crippen molar-refractivity contribution in [2.24, 2.45) is 0 Å². The second-order valence-electron chi connectivity index (χ2n) is 4.65. The molecule has 0 saturated carbocycles. The summed E-state index contributed by atoms with van der Waals surface area (Å²) in [6.07, 6.45) is 2.58. The summed E-state index contributed by atoms with van der Waals surface area (Å²) in [7, 11) is 1.40. The van der Waals surface area contributed by atoms with Gasteiger partial charge in [0.05, 0.1) is 12.7 Å². The zero-order valence-electron chi connectivity index (χ0n) is 10.5. The maximum absolute atomic E-state index is 11.3. The van der Waals surface area contributed by atoms with Crippen LogP contribution in [-0.4, -0.2) is 30.6 Å². The van der Waals surface area contributed by atoms with Gasteiger partial charge < -0.3 is 4.74 Å². The van der Waals surface area contributed by atoms with Crippen LogP contribution in [0.4, 0.5) is 0 Å². The lowest BCUT2D eigenvalue weighted by Gasteiger charge is -2.20. The van der Waals surface area contributed by atoms with E-state index in [1.165, 1.54) is 32.1 Å². The molecule has 1 unspecified atom stereocenters. The number of nitrogens with zero attached hydrogens (tertiary/aromatic N) is 1. The first-order valence-corrected chi connectivity index (χ1v) is 6.12. The quantitative estimate of drug-likeness (QED) is 0.751. The molecule has 1 aliphatic heterocycles. The molecule has 1 heterocycles. The highest BCUT2D eigenvalue weighted by molar-refractivity contribution is 5.89. The molecule has 0 aliphatic carbocycles. The van der Waals surface area contributed by atoms with Crippen LogP contribution in [0.15, 0.2) is 24.3 Å². The van der Waals surface area contributed by atoms with Crippen LogP contribution in [0.2, 0.25) is 0 Å². The van der Waals surface area contributed by atoms with Gasteiger partial charge in [-0.1, -0.05) is 12.1 Å². The molecule has 0 aromatic heterocycles. The Morgan fingerprint density at radius 1 is 1.41 bits per heavy atom. The minimum absolute atomic E-state index is 0.272. The molecule has 3 nitrogen and oxygen atoms in total. The Labute approximate surface area is 102 Å². The van der Waals surface area contributed by atoms with Gasteiger partial charge in [-0.15, -0.1) is 0 Å². The lowest BCUT2D eigenvalue weighted by molar-refractivity contribution is 0.0600. The molecule has 1 fully saturated rings. The second kappa shape index (κ2) is 5.32. The molecule has 1 atom stereocenters. The van der Waals surface area contributed by atoms with Crippen LogP contribution in [0, 0.1) is 0 Å². The van der Waals surface area contributed by atoms with Crippen molar-refractivity contribution in [3.05, 3.63) is 35.4 Å². The van der Waals surface area contributed by atoms with Crippen LogP contribution >= 0.6 is 0 Å². The summed E-state index contributed by atoms with van der Waals surface area (Å²) < 4.78 is 4.68. The van der Waals surface area contributed by atoms with E-state index in [0.717, 1.165) is 6.54 Å². The molecule has 17 heavy (non-hydrogen) atoms. The molecule has 1 aliphatic rings. The predicted octanol–water partition coefficient (Wildman–Crippen LogP) is 2.46. The Balaban J connectivity index is 2.00. The summed E-state index contributed by atoms with van der Waals surface area (Å²) in [4.78, 5) is 13.8. The van der Waals surface area contributed by atoms with E-state index < -0.39 is 0 Å². The van der Waals surface area contributed by atoms with Crippen molar-refractivity contribution in [2.75, 3.05) is 13.7 Å². The van der Waals surface area contributed by atoms with Crippen LogP contribution in [0.3, 0.4) is 0 Å². The third-order valence-corrected chi connectivity index (χ3v) is 3.45. The molecule has 92 valence electrons. The summed E-state index contributed by atoms with van der Waals surface area (Å²) in [6, 6.07) is 8.37. The summed E-state index contributed by atoms with van der Waals surface area (Å²) >= 11 is 0. The molecule has 2 rings (SSSR count). The van der Waals surface area contributed by atoms with Gasteiger partial charge in [0.2, 0.25) is 0 Å². The number of hydrogen-bond donors (Lipinski definition) is 0. The van der Waals surface area contributed by atoms with Gasteiger partial charge >= 0.3 is 5.97 Å². The van der Waals surface area contributed by atoms with Crippen LogP contribution in [0.5, 0.6) is 0 Å². The Morgan fingerprint density at radius 2 is 2.12 bits per heavy atom. The summed E-state index contributed by atoms with van der Waals surface area (Å²) in [5.74, 6) is -0.272. The van der Waals surface area contributed by atoms with Crippen molar-refractivity contribution in [2.45, 2.75) is 32.4 Å². The minimum atomic E-state index is -0.272. The van der Waals surface area contributed by atoms with Gasteiger partial charge in [-0.3, -0.25) is 4.90 Å². The van der Waals surface area contributed by atoms with E-state index in [2.05, 4.69) is 16.6 Å². The first-order valence-electron chi connectivity index (χ1n) is 6.12. The van der Waals surface area contributed by atoms with E-state index >= 15 is 0 Å². The van der Waals surface area contributed by atoms with E-state index in [1.807, 2.05) is 24.3 Å². The lowest BCUT2D eigenvalue weighted by atomic mass is 10.1. The average Bonchev–Trinajstić information content (AvgIpc) is 2.75. The highest BCUT2D eigenvalue weighted by Crippen LogP contribution is 2.19. The van der Waals surface area contributed by atoms with E-state index in [9.17, 15) is 4.79 Å². The normalized spacial score (nSPS) is 20.5. The number of ether oxygens (including phenoxy) is 1. The molecule has 0 spiro atoms. The lowest BCUT2D eigenvalue weighted by Crippen LogP contribution is -2.26. The van der Waals surface area contributed by atoms with Crippen molar-refractivity contribution < 1.29 is 9.53 Å². The van der Waals surface area contributed by atoms with Gasteiger partial charge in [0, 0.05) is 12.6 Å².